The van der Waals surface area contributed by atoms with Gasteiger partial charge in [-0.15, -0.1) is 0 Å². The SMILES string of the molecule is Cc1cc(-n2ncc(C#N)c2NC(=O)C2=NNC(=O)CC2)nc2c(C)cccc12. The highest BCUT2D eigenvalue weighted by molar-refractivity contribution is 6.43. The number of carbonyl (C=O) groups excluding carboxylic acids is 2. The lowest BCUT2D eigenvalue weighted by molar-refractivity contribution is -0.121. The number of aryl methyl sites for hydroxylation is 2. The molecule has 2 N–H and O–H groups in total. The number of nitrogens with zero attached hydrogens (tertiary/aromatic N) is 5. The first kappa shape index (κ1) is 18.3. The van der Waals surface area contributed by atoms with Crippen molar-refractivity contribution in [2.45, 2.75) is 26.7 Å². The standard InChI is InChI=1S/C20H17N7O2/c1-11-4-3-5-14-12(2)8-16(23-18(11)14)27-19(13(9-21)10-22-27)24-20(29)15-6-7-17(28)26-25-15/h3-5,8,10H,6-7H2,1-2H3,(H,24,29)(H,26,28). The first-order chi connectivity index (χ1) is 14.0. The van der Waals surface area contributed by atoms with Gasteiger partial charge in [0.25, 0.3) is 5.91 Å². The van der Waals surface area contributed by atoms with Gasteiger partial charge in [0, 0.05) is 18.2 Å². The quantitative estimate of drug-likeness (QED) is 0.712. The van der Waals surface area contributed by atoms with Gasteiger partial charge in [-0.05, 0) is 31.0 Å². The number of aromatic nitrogens is 3. The molecule has 3 aromatic rings. The molecule has 1 aliphatic heterocycles. The molecule has 2 aromatic heterocycles. The molecule has 0 saturated carbocycles. The van der Waals surface area contributed by atoms with E-state index >= 15 is 0 Å². The second-order valence-corrected chi connectivity index (χ2v) is 6.75. The van der Waals surface area contributed by atoms with Crippen LogP contribution < -0.4 is 10.7 Å². The summed E-state index contributed by atoms with van der Waals surface area (Å²) in [4.78, 5) is 28.5. The van der Waals surface area contributed by atoms with Crippen molar-refractivity contribution in [3.63, 3.8) is 0 Å². The van der Waals surface area contributed by atoms with Gasteiger partial charge in [0.15, 0.2) is 11.6 Å². The zero-order valence-electron chi connectivity index (χ0n) is 15.9. The van der Waals surface area contributed by atoms with Crippen molar-refractivity contribution in [1.29, 1.82) is 5.26 Å². The third kappa shape index (κ3) is 3.32. The molecule has 0 atom stereocenters. The average molecular weight is 387 g/mol. The molecule has 0 unspecified atom stereocenters. The van der Waals surface area contributed by atoms with Crippen LogP contribution in [0.1, 0.15) is 29.5 Å². The molecule has 144 valence electrons. The predicted octanol–water partition coefficient (Wildman–Crippen LogP) is 2.11. The van der Waals surface area contributed by atoms with Gasteiger partial charge >= 0.3 is 0 Å². The number of fused-ring (bicyclic) bond motifs is 1. The number of carbonyl (C=O) groups is 2. The van der Waals surface area contributed by atoms with E-state index in [0.717, 1.165) is 22.0 Å². The van der Waals surface area contributed by atoms with Crippen molar-refractivity contribution in [2.75, 3.05) is 5.32 Å². The number of hydrogen-bond acceptors (Lipinski definition) is 6. The van der Waals surface area contributed by atoms with Crippen LogP contribution >= 0.6 is 0 Å². The predicted molar refractivity (Wildman–Crippen MR) is 106 cm³/mol. The van der Waals surface area contributed by atoms with Crippen LogP contribution in [0.3, 0.4) is 0 Å². The molecule has 0 bridgehead atoms. The van der Waals surface area contributed by atoms with E-state index in [2.05, 4.69) is 20.9 Å². The van der Waals surface area contributed by atoms with Crippen LogP contribution in [0.2, 0.25) is 0 Å². The topological polar surface area (TPSA) is 125 Å². The fourth-order valence-corrected chi connectivity index (χ4v) is 3.19. The number of anilines is 1. The molecule has 2 amide bonds. The maximum atomic E-state index is 12.6. The van der Waals surface area contributed by atoms with Crippen LogP contribution in [-0.2, 0) is 9.59 Å². The van der Waals surface area contributed by atoms with Gasteiger partial charge in [-0.3, -0.25) is 9.59 Å². The van der Waals surface area contributed by atoms with E-state index in [1.807, 2.05) is 44.2 Å². The second kappa shape index (κ2) is 7.16. The highest BCUT2D eigenvalue weighted by atomic mass is 16.2. The Morgan fingerprint density at radius 3 is 2.83 bits per heavy atom. The lowest BCUT2D eigenvalue weighted by atomic mass is 10.1. The van der Waals surface area contributed by atoms with Crippen LogP contribution in [-0.4, -0.2) is 32.3 Å². The lowest BCUT2D eigenvalue weighted by Crippen LogP contribution is -2.33. The second-order valence-electron chi connectivity index (χ2n) is 6.75. The third-order valence-corrected chi connectivity index (χ3v) is 4.74. The lowest BCUT2D eigenvalue weighted by Gasteiger charge is -2.14. The Kier molecular flexibility index (Phi) is 4.52. The molecule has 9 nitrogen and oxygen atoms in total. The van der Waals surface area contributed by atoms with Crippen molar-refractivity contribution in [2.24, 2.45) is 5.10 Å². The summed E-state index contributed by atoms with van der Waals surface area (Å²) in [5.74, 6) is -0.0515. The summed E-state index contributed by atoms with van der Waals surface area (Å²) < 4.78 is 1.43. The van der Waals surface area contributed by atoms with Crippen LogP contribution in [0, 0.1) is 25.2 Å². The van der Waals surface area contributed by atoms with Gasteiger partial charge in [0.2, 0.25) is 5.91 Å². The Balaban J connectivity index is 1.77. The summed E-state index contributed by atoms with van der Waals surface area (Å²) in [6.45, 7) is 3.94. The van der Waals surface area contributed by atoms with Crippen molar-refractivity contribution >= 4 is 34.2 Å². The van der Waals surface area contributed by atoms with Crippen LogP contribution in [0.5, 0.6) is 0 Å². The van der Waals surface area contributed by atoms with E-state index in [4.69, 9.17) is 4.98 Å². The molecule has 0 saturated heterocycles. The largest absolute Gasteiger partial charge is 0.304 e. The molecular formula is C20H17N7O2. The number of nitriles is 1. The van der Waals surface area contributed by atoms with Gasteiger partial charge in [0.05, 0.1) is 11.7 Å². The van der Waals surface area contributed by atoms with Crippen LogP contribution in [0.25, 0.3) is 16.7 Å². The Hall–Kier alpha value is -4.06. The summed E-state index contributed by atoms with van der Waals surface area (Å²) in [6.07, 6.45) is 1.78. The monoisotopic (exact) mass is 387 g/mol. The molecular weight excluding hydrogens is 370 g/mol. The van der Waals surface area contributed by atoms with Crippen LogP contribution in [0.4, 0.5) is 5.82 Å². The number of nitrogens with one attached hydrogen (secondary N) is 2. The Morgan fingerprint density at radius 1 is 1.28 bits per heavy atom. The zero-order chi connectivity index (χ0) is 20.5. The number of hydrazone groups is 1. The van der Waals surface area contributed by atoms with E-state index in [9.17, 15) is 14.9 Å². The number of amides is 2. The minimum atomic E-state index is -0.503. The van der Waals surface area contributed by atoms with Gasteiger partial charge < -0.3 is 5.32 Å². The molecule has 0 aliphatic carbocycles. The fraction of sp³-hybridized carbons (Fsp3) is 0.200. The van der Waals surface area contributed by atoms with Gasteiger partial charge in [-0.25, -0.2) is 10.4 Å². The molecule has 0 fully saturated rings. The van der Waals surface area contributed by atoms with Crippen molar-refractivity contribution in [3.8, 4) is 11.9 Å². The van der Waals surface area contributed by atoms with E-state index < -0.39 is 5.91 Å². The van der Waals surface area contributed by atoms with Gasteiger partial charge in [0.1, 0.15) is 17.3 Å². The highest BCUT2D eigenvalue weighted by Crippen LogP contribution is 2.25. The molecule has 4 rings (SSSR count). The number of benzene rings is 1. The number of hydrogen-bond donors (Lipinski definition) is 2. The van der Waals surface area contributed by atoms with E-state index in [0.29, 0.717) is 5.82 Å². The summed E-state index contributed by atoms with van der Waals surface area (Å²) >= 11 is 0. The Morgan fingerprint density at radius 2 is 2.10 bits per heavy atom. The first-order valence-electron chi connectivity index (χ1n) is 9.00. The average Bonchev–Trinajstić information content (AvgIpc) is 3.11. The minimum Gasteiger partial charge on any atom is -0.304 e. The van der Waals surface area contributed by atoms with Crippen molar-refractivity contribution in [3.05, 3.63) is 47.2 Å². The zero-order valence-corrected chi connectivity index (χ0v) is 15.9. The molecule has 0 spiro atoms. The van der Waals surface area contributed by atoms with Gasteiger partial charge in [-0.2, -0.15) is 20.1 Å². The molecule has 29 heavy (non-hydrogen) atoms. The van der Waals surface area contributed by atoms with E-state index in [1.165, 1.54) is 10.9 Å². The Labute approximate surface area is 166 Å². The normalized spacial score (nSPS) is 13.6. The molecule has 1 aliphatic rings. The number of para-hydroxylation sites is 1. The Bertz CT molecular complexity index is 1230. The molecule has 9 heteroatoms. The highest BCUT2D eigenvalue weighted by Gasteiger charge is 2.22. The van der Waals surface area contributed by atoms with Gasteiger partial charge in [-0.1, -0.05) is 18.2 Å². The van der Waals surface area contributed by atoms with Crippen molar-refractivity contribution in [1.82, 2.24) is 20.2 Å². The summed E-state index contributed by atoms with van der Waals surface area (Å²) in [7, 11) is 0. The fourth-order valence-electron chi connectivity index (χ4n) is 3.19. The smallest absolute Gasteiger partial charge is 0.273 e. The minimum absolute atomic E-state index is 0.180. The molecule has 0 radical (unpaired) electrons. The number of rotatable bonds is 3. The maximum Gasteiger partial charge on any atom is 0.273 e. The molecule has 1 aromatic carbocycles. The van der Waals surface area contributed by atoms with Crippen molar-refractivity contribution < 1.29 is 9.59 Å². The maximum absolute atomic E-state index is 12.6. The summed E-state index contributed by atoms with van der Waals surface area (Å²) in [5, 5.41) is 21.2. The third-order valence-electron chi connectivity index (χ3n) is 4.74. The first-order valence-corrected chi connectivity index (χ1v) is 9.00. The van der Waals surface area contributed by atoms with E-state index in [1.54, 1.807) is 0 Å². The van der Waals surface area contributed by atoms with E-state index in [-0.39, 0.29) is 35.8 Å². The molecule has 3 heterocycles. The number of pyridine rings is 1. The van der Waals surface area contributed by atoms with Crippen LogP contribution in [0.15, 0.2) is 35.6 Å². The summed E-state index contributed by atoms with van der Waals surface area (Å²) in [5.41, 5.74) is 5.51. The summed E-state index contributed by atoms with van der Waals surface area (Å²) in [6, 6.07) is 9.82.